The second-order valence-corrected chi connectivity index (χ2v) is 4.56. The van der Waals surface area contributed by atoms with Crippen LogP contribution in [0.1, 0.15) is 18.1 Å². The van der Waals surface area contributed by atoms with Gasteiger partial charge in [-0.25, -0.2) is 0 Å². The summed E-state index contributed by atoms with van der Waals surface area (Å²) in [5.41, 5.74) is 2.74. The van der Waals surface area contributed by atoms with Crippen molar-refractivity contribution in [1.29, 1.82) is 0 Å². The Kier molecular flexibility index (Phi) is 4.95. The third-order valence-corrected chi connectivity index (χ3v) is 3.11. The summed E-state index contributed by atoms with van der Waals surface area (Å²) in [6.45, 7) is 5.92. The first-order valence-electron chi connectivity index (χ1n) is 6.79. The number of benzene rings is 1. The molecule has 0 spiro atoms. The molecule has 0 saturated carbocycles. The molecule has 0 bridgehead atoms. The highest BCUT2D eigenvalue weighted by molar-refractivity contribution is 5.73. The highest BCUT2D eigenvalue weighted by Gasteiger charge is 1.98. The number of aromatic nitrogens is 1. The normalized spacial score (nSPS) is 11.9. The molecule has 2 aromatic rings. The number of nitrogens with one attached hydrogen (secondary N) is 1. The summed E-state index contributed by atoms with van der Waals surface area (Å²) in [6, 6.07) is 9.67. The average molecular weight is 275 g/mol. The van der Waals surface area contributed by atoms with Crippen LogP contribution in [0, 0.1) is 11.8 Å². The Balaban J connectivity index is 2.53. The number of rotatable bonds is 3. The van der Waals surface area contributed by atoms with Gasteiger partial charge in [0, 0.05) is 34.3 Å². The van der Waals surface area contributed by atoms with E-state index in [1.54, 1.807) is 0 Å². The molecular formula is C19H17NO. The Hall–Kier alpha value is -2.79. The van der Waals surface area contributed by atoms with Gasteiger partial charge in [0.15, 0.2) is 0 Å². The number of carbonyl (C=O) groups excluding carboxylic acids is 1. The fourth-order valence-corrected chi connectivity index (χ4v) is 2.07. The van der Waals surface area contributed by atoms with E-state index < -0.39 is 0 Å². The van der Waals surface area contributed by atoms with E-state index in [4.69, 9.17) is 0 Å². The summed E-state index contributed by atoms with van der Waals surface area (Å²) < 4.78 is 0. The van der Waals surface area contributed by atoms with Gasteiger partial charge >= 0.3 is 0 Å². The van der Waals surface area contributed by atoms with Crippen LogP contribution in [0.3, 0.4) is 0 Å². The SMILES string of the molecule is C=c1[nH]cc/c1=C(C#Cc1ccccc1CC=O)/C=C\C. The van der Waals surface area contributed by atoms with Crippen molar-refractivity contribution in [1.82, 2.24) is 4.98 Å². The van der Waals surface area contributed by atoms with Crippen LogP contribution < -0.4 is 10.6 Å². The van der Waals surface area contributed by atoms with Gasteiger partial charge in [-0.3, -0.25) is 0 Å². The van der Waals surface area contributed by atoms with Crippen molar-refractivity contribution in [2.45, 2.75) is 13.3 Å². The van der Waals surface area contributed by atoms with Gasteiger partial charge in [0.2, 0.25) is 0 Å². The summed E-state index contributed by atoms with van der Waals surface area (Å²) in [5, 5.41) is 1.84. The molecule has 2 nitrogen and oxygen atoms in total. The van der Waals surface area contributed by atoms with Crippen molar-refractivity contribution in [3.8, 4) is 11.8 Å². The lowest BCUT2D eigenvalue weighted by Gasteiger charge is -1.98. The van der Waals surface area contributed by atoms with E-state index in [0.29, 0.717) is 6.42 Å². The number of aromatic amines is 1. The van der Waals surface area contributed by atoms with Crippen LogP contribution in [0.25, 0.3) is 12.2 Å². The Morgan fingerprint density at radius 1 is 1.33 bits per heavy atom. The maximum absolute atomic E-state index is 10.7. The highest BCUT2D eigenvalue weighted by Crippen LogP contribution is 2.07. The molecule has 2 rings (SSSR count). The highest BCUT2D eigenvalue weighted by atomic mass is 16.1. The first-order chi connectivity index (χ1) is 10.3. The van der Waals surface area contributed by atoms with Crippen LogP contribution in [0.15, 0.2) is 48.7 Å². The summed E-state index contributed by atoms with van der Waals surface area (Å²) in [4.78, 5) is 13.8. The molecule has 0 radical (unpaired) electrons. The number of H-pyrrole nitrogens is 1. The van der Waals surface area contributed by atoms with E-state index in [1.807, 2.05) is 55.6 Å². The van der Waals surface area contributed by atoms with E-state index in [1.165, 1.54) is 0 Å². The molecular weight excluding hydrogens is 258 g/mol. The van der Waals surface area contributed by atoms with E-state index in [0.717, 1.165) is 33.6 Å². The molecule has 0 unspecified atom stereocenters. The number of hydrogen-bond acceptors (Lipinski definition) is 1. The zero-order chi connectivity index (χ0) is 15.1. The number of allylic oxidation sites excluding steroid dienone is 2. The van der Waals surface area contributed by atoms with Crippen molar-refractivity contribution >= 4 is 18.4 Å². The van der Waals surface area contributed by atoms with E-state index in [2.05, 4.69) is 23.4 Å². The summed E-state index contributed by atoms with van der Waals surface area (Å²) >= 11 is 0. The summed E-state index contributed by atoms with van der Waals surface area (Å²) in [6.07, 6.45) is 7.05. The quantitative estimate of drug-likeness (QED) is 0.674. The molecule has 0 amide bonds. The molecule has 1 aromatic heterocycles. The first kappa shape index (κ1) is 14.6. The van der Waals surface area contributed by atoms with Gasteiger partial charge in [0.05, 0.1) is 0 Å². The standard InChI is InChI=1S/C19H17NO/c1-3-6-18(19-11-13-20-15(19)2)10-9-16-7-4-5-8-17(16)12-14-21/h3-8,11,13-14,20H,2,12H2,1H3/b6-3-,19-18+. The van der Waals surface area contributed by atoms with Crippen molar-refractivity contribution < 1.29 is 4.79 Å². The predicted octanol–water partition coefficient (Wildman–Crippen LogP) is 1.94. The molecule has 0 aliphatic heterocycles. The van der Waals surface area contributed by atoms with Gasteiger partial charge in [0.1, 0.15) is 6.29 Å². The second-order valence-electron chi connectivity index (χ2n) is 4.56. The first-order valence-corrected chi connectivity index (χ1v) is 6.79. The second kappa shape index (κ2) is 7.12. The topological polar surface area (TPSA) is 32.9 Å². The van der Waals surface area contributed by atoms with E-state index >= 15 is 0 Å². The van der Waals surface area contributed by atoms with Crippen LogP contribution in [0.4, 0.5) is 0 Å². The Bertz CT molecular complexity index is 828. The maximum atomic E-state index is 10.7. The minimum atomic E-state index is 0.383. The molecule has 2 heteroatoms. The molecule has 1 N–H and O–H groups in total. The Morgan fingerprint density at radius 2 is 2.14 bits per heavy atom. The van der Waals surface area contributed by atoms with Gasteiger partial charge in [-0.15, -0.1) is 0 Å². The third-order valence-electron chi connectivity index (χ3n) is 3.11. The number of aldehydes is 1. The van der Waals surface area contributed by atoms with Crippen molar-refractivity contribution in [2.75, 3.05) is 0 Å². The molecule has 1 heterocycles. The lowest BCUT2D eigenvalue weighted by Crippen LogP contribution is -2.22. The van der Waals surface area contributed by atoms with E-state index in [-0.39, 0.29) is 0 Å². The lowest BCUT2D eigenvalue weighted by molar-refractivity contribution is -0.107. The van der Waals surface area contributed by atoms with Crippen LogP contribution >= 0.6 is 0 Å². The van der Waals surface area contributed by atoms with Crippen LogP contribution in [-0.4, -0.2) is 11.3 Å². The smallest absolute Gasteiger partial charge is 0.124 e. The monoisotopic (exact) mass is 275 g/mol. The fourth-order valence-electron chi connectivity index (χ4n) is 2.07. The molecule has 0 fully saturated rings. The number of carbonyl (C=O) groups is 1. The van der Waals surface area contributed by atoms with E-state index in [9.17, 15) is 4.79 Å². The van der Waals surface area contributed by atoms with Crippen molar-refractivity contribution in [3.63, 3.8) is 0 Å². The maximum Gasteiger partial charge on any atom is 0.124 e. The third kappa shape index (κ3) is 3.61. The largest absolute Gasteiger partial charge is 0.362 e. The molecule has 0 aliphatic carbocycles. The van der Waals surface area contributed by atoms with Gasteiger partial charge in [-0.2, -0.15) is 0 Å². The van der Waals surface area contributed by atoms with Gasteiger partial charge < -0.3 is 9.78 Å². The lowest BCUT2D eigenvalue weighted by atomic mass is 10.0. The number of hydrogen-bond donors (Lipinski definition) is 1. The molecule has 21 heavy (non-hydrogen) atoms. The average Bonchev–Trinajstić information content (AvgIpc) is 2.91. The van der Waals surface area contributed by atoms with Crippen LogP contribution in [-0.2, 0) is 11.2 Å². The molecule has 0 saturated heterocycles. The van der Waals surface area contributed by atoms with Gasteiger partial charge in [0.25, 0.3) is 0 Å². The zero-order valence-corrected chi connectivity index (χ0v) is 12.0. The van der Waals surface area contributed by atoms with Crippen LogP contribution in [0.2, 0.25) is 0 Å². The predicted molar refractivity (Wildman–Crippen MR) is 86.9 cm³/mol. The fraction of sp³-hybridized carbons (Fsp3) is 0.105. The summed E-state index contributed by atoms with van der Waals surface area (Å²) in [5.74, 6) is 6.34. The van der Waals surface area contributed by atoms with Crippen LogP contribution in [0.5, 0.6) is 0 Å². The Morgan fingerprint density at radius 3 is 2.81 bits per heavy atom. The Labute approximate surface area is 124 Å². The molecule has 0 aliphatic rings. The van der Waals surface area contributed by atoms with Gasteiger partial charge in [-0.05, 0) is 24.6 Å². The van der Waals surface area contributed by atoms with Gasteiger partial charge in [-0.1, -0.05) is 48.8 Å². The molecule has 104 valence electrons. The van der Waals surface area contributed by atoms with Crippen molar-refractivity contribution in [2.24, 2.45) is 0 Å². The zero-order valence-electron chi connectivity index (χ0n) is 12.0. The molecule has 1 aromatic carbocycles. The molecule has 0 atom stereocenters. The summed E-state index contributed by atoms with van der Waals surface area (Å²) in [7, 11) is 0. The van der Waals surface area contributed by atoms with Crippen molar-refractivity contribution in [3.05, 3.63) is 70.4 Å². The minimum absolute atomic E-state index is 0.383. The minimum Gasteiger partial charge on any atom is -0.362 e.